The van der Waals surface area contributed by atoms with Crippen LogP contribution in [-0.4, -0.2) is 5.78 Å². The molecule has 1 heterocycles. The number of rotatable bonds is 2. The predicted octanol–water partition coefficient (Wildman–Crippen LogP) is 3.92. The lowest BCUT2D eigenvalue weighted by atomic mass is 10.1. The Labute approximate surface area is 98.2 Å². The van der Waals surface area contributed by atoms with Gasteiger partial charge in [-0.05, 0) is 24.5 Å². The lowest BCUT2D eigenvalue weighted by Gasteiger charge is -1.92. The quantitative estimate of drug-likeness (QED) is 0.737. The van der Waals surface area contributed by atoms with Crippen molar-refractivity contribution < 1.29 is 9.21 Å². The monoisotopic (exact) mass is 234 g/mol. The third-order valence-corrected chi connectivity index (χ3v) is 3.48. The van der Waals surface area contributed by atoms with Crippen LogP contribution in [0.3, 0.4) is 0 Å². The van der Waals surface area contributed by atoms with Crippen molar-refractivity contribution in [2.24, 2.45) is 11.8 Å². The molecule has 16 heavy (non-hydrogen) atoms. The average molecular weight is 235 g/mol. The van der Waals surface area contributed by atoms with Gasteiger partial charge in [-0.1, -0.05) is 30.7 Å². The van der Waals surface area contributed by atoms with E-state index in [0.717, 1.165) is 11.8 Å². The summed E-state index contributed by atoms with van der Waals surface area (Å²) in [6, 6.07) is 7.31. The standard InChI is InChI=1S/C13H11ClO2/c1-7-5-9(7)12(15)11-6-8-3-2-4-10(14)13(8)16-11/h2-4,6-7,9H,5H2,1H3. The second kappa shape index (κ2) is 3.36. The zero-order valence-corrected chi connectivity index (χ0v) is 9.62. The van der Waals surface area contributed by atoms with Gasteiger partial charge in [-0.15, -0.1) is 0 Å². The van der Waals surface area contributed by atoms with Gasteiger partial charge in [0.1, 0.15) is 0 Å². The number of hydrogen-bond donors (Lipinski definition) is 0. The van der Waals surface area contributed by atoms with Crippen LogP contribution in [0.25, 0.3) is 11.0 Å². The number of hydrogen-bond acceptors (Lipinski definition) is 2. The average Bonchev–Trinajstić information content (AvgIpc) is 2.81. The fraction of sp³-hybridized carbons (Fsp3) is 0.308. The summed E-state index contributed by atoms with van der Waals surface area (Å²) in [6.45, 7) is 2.08. The van der Waals surface area contributed by atoms with Crippen LogP contribution >= 0.6 is 11.6 Å². The third-order valence-electron chi connectivity index (χ3n) is 3.19. The Hall–Kier alpha value is -1.28. The smallest absolute Gasteiger partial charge is 0.201 e. The van der Waals surface area contributed by atoms with Gasteiger partial charge in [0.25, 0.3) is 0 Å². The van der Waals surface area contributed by atoms with Crippen molar-refractivity contribution in [1.82, 2.24) is 0 Å². The van der Waals surface area contributed by atoms with Crippen LogP contribution in [-0.2, 0) is 0 Å². The SMILES string of the molecule is CC1CC1C(=O)c1cc2cccc(Cl)c2o1. The summed E-state index contributed by atoms with van der Waals surface area (Å²) >= 11 is 5.99. The fourth-order valence-electron chi connectivity index (χ4n) is 2.02. The van der Waals surface area contributed by atoms with E-state index in [9.17, 15) is 4.79 Å². The van der Waals surface area contributed by atoms with Crippen LogP contribution in [0.4, 0.5) is 0 Å². The lowest BCUT2D eigenvalue weighted by molar-refractivity contribution is 0.0937. The first-order valence-corrected chi connectivity index (χ1v) is 5.77. The Morgan fingerprint density at radius 3 is 2.88 bits per heavy atom. The van der Waals surface area contributed by atoms with Gasteiger partial charge in [-0.25, -0.2) is 0 Å². The van der Waals surface area contributed by atoms with Crippen molar-refractivity contribution >= 4 is 28.4 Å². The first-order chi connectivity index (χ1) is 7.66. The van der Waals surface area contributed by atoms with Gasteiger partial charge < -0.3 is 4.42 Å². The summed E-state index contributed by atoms with van der Waals surface area (Å²) in [6.07, 6.45) is 0.976. The summed E-state index contributed by atoms with van der Waals surface area (Å²) in [5, 5.41) is 1.45. The Bertz CT molecular complexity index is 570. The van der Waals surface area contributed by atoms with Crippen molar-refractivity contribution in [3.05, 3.63) is 35.0 Å². The van der Waals surface area contributed by atoms with E-state index in [4.69, 9.17) is 16.0 Å². The number of fused-ring (bicyclic) bond motifs is 1. The molecule has 2 unspecified atom stereocenters. The number of ketones is 1. The van der Waals surface area contributed by atoms with E-state index in [1.165, 1.54) is 0 Å². The maximum Gasteiger partial charge on any atom is 0.201 e. The van der Waals surface area contributed by atoms with Gasteiger partial charge in [-0.3, -0.25) is 4.79 Å². The van der Waals surface area contributed by atoms with Crippen LogP contribution in [0.1, 0.15) is 23.9 Å². The molecule has 0 N–H and O–H groups in total. The summed E-state index contributed by atoms with van der Waals surface area (Å²) < 4.78 is 5.53. The van der Waals surface area contributed by atoms with Crippen LogP contribution < -0.4 is 0 Å². The zero-order valence-electron chi connectivity index (χ0n) is 8.87. The molecule has 0 saturated heterocycles. The first-order valence-electron chi connectivity index (χ1n) is 5.39. The summed E-state index contributed by atoms with van der Waals surface area (Å²) in [5.41, 5.74) is 0.612. The number of halogens is 1. The molecule has 0 bridgehead atoms. The molecule has 2 nitrogen and oxygen atoms in total. The number of carbonyl (C=O) groups is 1. The molecule has 1 fully saturated rings. The Morgan fingerprint density at radius 1 is 1.50 bits per heavy atom. The van der Waals surface area contributed by atoms with E-state index in [0.29, 0.717) is 22.3 Å². The van der Waals surface area contributed by atoms with Crippen molar-refractivity contribution in [2.45, 2.75) is 13.3 Å². The molecule has 2 aromatic rings. The molecule has 82 valence electrons. The van der Waals surface area contributed by atoms with Gasteiger partial charge in [0.15, 0.2) is 11.3 Å². The molecule has 1 saturated carbocycles. The Balaban J connectivity index is 2.05. The summed E-state index contributed by atoms with van der Waals surface area (Å²) in [5.74, 6) is 1.20. The van der Waals surface area contributed by atoms with Crippen molar-refractivity contribution in [3.63, 3.8) is 0 Å². The fourth-order valence-corrected chi connectivity index (χ4v) is 2.24. The molecule has 1 aromatic carbocycles. The predicted molar refractivity (Wildman–Crippen MR) is 62.8 cm³/mol. The van der Waals surface area contributed by atoms with Gasteiger partial charge in [-0.2, -0.15) is 0 Å². The highest BCUT2D eigenvalue weighted by Crippen LogP contribution is 2.41. The Morgan fingerprint density at radius 2 is 2.25 bits per heavy atom. The third kappa shape index (κ3) is 1.45. The van der Waals surface area contributed by atoms with E-state index >= 15 is 0 Å². The molecule has 0 aliphatic heterocycles. The topological polar surface area (TPSA) is 30.2 Å². The highest BCUT2D eigenvalue weighted by atomic mass is 35.5. The molecule has 0 spiro atoms. The maximum atomic E-state index is 12.0. The van der Waals surface area contributed by atoms with E-state index in [1.807, 2.05) is 12.1 Å². The number of Topliss-reactive ketones (excluding diaryl/α,β-unsaturated/α-hetero) is 1. The molecule has 1 aromatic heterocycles. The van der Waals surface area contributed by atoms with Gasteiger partial charge >= 0.3 is 0 Å². The van der Waals surface area contributed by atoms with E-state index < -0.39 is 0 Å². The number of carbonyl (C=O) groups excluding carboxylic acids is 1. The minimum absolute atomic E-state index is 0.111. The van der Waals surface area contributed by atoms with Gasteiger partial charge in [0.05, 0.1) is 5.02 Å². The van der Waals surface area contributed by atoms with Crippen molar-refractivity contribution in [3.8, 4) is 0 Å². The molecule has 2 atom stereocenters. The second-order valence-corrected chi connectivity index (χ2v) is 4.86. The van der Waals surface area contributed by atoms with Gasteiger partial charge in [0, 0.05) is 11.3 Å². The van der Waals surface area contributed by atoms with Crippen molar-refractivity contribution in [2.75, 3.05) is 0 Å². The largest absolute Gasteiger partial charge is 0.451 e. The second-order valence-electron chi connectivity index (χ2n) is 4.45. The van der Waals surface area contributed by atoms with Crippen LogP contribution in [0.15, 0.2) is 28.7 Å². The highest BCUT2D eigenvalue weighted by molar-refractivity contribution is 6.34. The van der Waals surface area contributed by atoms with Crippen LogP contribution in [0.5, 0.6) is 0 Å². The molecule has 1 aliphatic rings. The maximum absolute atomic E-state index is 12.0. The highest BCUT2D eigenvalue weighted by Gasteiger charge is 2.40. The Kier molecular flexibility index (Phi) is 2.08. The lowest BCUT2D eigenvalue weighted by Crippen LogP contribution is -2.00. The van der Waals surface area contributed by atoms with Crippen LogP contribution in [0, 0.1) is 11.8 Å². The van der Waals surface area contributed by atoms with Crippen LogP contribution in [0.2, 0.25) is 5.02 Å². The van der Waals surface area contributed by atoms with E-state index in [2.05, 4.69) is 6.92 Å². The van der Waals surface area contributed by atoms with Crippen molar-refractivity contribution in [1.29, 1.82) is 0 Å². The molecular weight excluding hydrogens is 224 g/mol. The number of para-hydroxylation sites is 1. The van der Waals surface area contributed by atoms with E-state index in [-0.39, 0.29) is 11.7 Å². The molecule has 0 radical (unpaired) electrons. The molecule has 0 amide bonds. The normalized spacial score (nSPS) is 23.6. The summed E-state index contributed by atoms with van der Waals surface area (Å²) in [7, 11) is 0. The molecule has 1 aliphatic carbocycles. The minimum atomic E-state index is 0.111. The minimum Gasteiger partial charge on any atom is -0.451 e. The number of benzene rings is 1. The number of furan rings is 1. The van der Waals surface area contributed by atoms with Gasteiger partial charge in [0.2, 0.25) is 5.78 Å². The first kappa shape index (κ1) is 9.91. The van der Waals surface area contributed by atoms with E-state index in [1.54, 1.807) is 12.1 Å². The molecular formula is C13H11ClO2. The molecule has 3 rings (SSSR count). The summed E-state index contributed by atoms with van der Waals surface area (Å²) in [4.78, 5) is 12.0. The zero-order chi connectivity index (χ0) is 11.3. The molecule has 3 heteroatoms.